The molecular weight excluding hydrogens is 224 g/mol. The molecular formula is C12H12O5. The highest BCUT2D eigenvalue weighted by Gasteiger charge is 2.19. The lowest BCUT2D eigenvalue weighted by atomic mass is 10.2. The van der Waals surface area contributed by atoms with Crippen LogP contribution in [0.5, 0.6) is 17.2 Å². The number of benzene rings is 1. The van der Waals surface area contributed by atoms with Gasteiger partial charge in [-0.2, -0.15) is 0 Å². The predicted molar refractivity (Wildman–Crippen MR) is 59.9 cm³/mol. The van der Waals surface area contributed by atoms with E-state index in [2.05, 4.69) is 0 Å². The molecule has 0 amide bonds. The molecule has 0 aromatic heterocycles. The number of fused-ring (bicyclic) bond motifs is 1. The lowest BCUT2D eigenvalue weighted by molar-refractivity contribution is -0.135. The molecule has 0 spiro atoms. The third-order valence-electron chi connectivity index (χ3n) is 2.18. The van der Waals surface area contributed by atoms with Crippen LogP contribution in [-0.2, 0) is 9.53 Å². The summed E-state index contributed by atoms with van der Waals surface area (Å²) in [5.41, 5.74) is 0.798. The molecule has 5 heteroatoms. The SMILES string of the molecule is COc1cc(/C=C/OC(C)=O)cc2c1OCO2. The van der Waals surface area contributed by atoms with Crippen molar-refractivity contribution in [3.8, 4) is 17.2 Å². The molecule has 0 bridgehead atoms. The van der Waals surface area contributed by atoms with Gasteiger partial charge >= 0.3 is 5.97 Å². The lowest BCUT2D eigenvalue weighted by Crippen LogP contribution is -1.93. The summed E-state index contributed by atoms with van der Waals surface area (Å²) in [5, 5.41) is 0. The molecule has 1 aliphatic rings. The van der Waals surface area contributed by atoms with Crippen molar-refractivity contribution in [3.05, 3.63) is 24.0 Å². The van der Waals surface area contributed by atoms with Gasteiger partial charge in [-0.15, -0.1) is 0 Å². The summed E-state index contributed by atoms with van der Waals surface area (Å²) < 4.78 is 20.4. The molecule has 1 aliphatic heterocycles. The monoisotopic (exact) mass is 236 g/mol. The predicted octanol–water partition coefficient (Wildman–Crippen LogP) is 1.96. The first-order valence-electron chi connectivity index (χ1n) is 5.02. The fraction of sp³-hybridized carbons (Fsp3) is 0.250. The fourth-order valence-corrected chi connectivity index (χ4v) is 1.45. The maximum Gasteiger partial charge on any atom is 0.307 e. The van der Waals surface area contributed by atoms with Gasteiger partial charge in [0.05, 0.1) is 13.4 Å². The first-order valence-corrected chi connectivity index (χ1v) is 5.02. The van der Waals surface area contributed by atoms with Gasteiger partial charge in [0.2, 0.25) is 12.5 Å². The summed E-state index contributed by atoms with van der Waals surface area (Å²) in [6.45, 7) is 1.52. The summed E-state index contributed by atoms with van der Waals surface area (Å²) in [7, 11) is 1.55. The molecule has 1 aromatic carbocycles. The highest BCUT2D eigenvalue weighted by molar-refractivity contribution is 5.68. The van der Waals surface area contributed by atoms with Crippen LogP contribution in [0.2, 0.25) is 0 Å². The maximum absolute atomic E-state index is 10.6. The third-order valence-corrected chi connectivity index (χ3v) is 2.18. The van der Waals surface area contributed by atoms with E-state index in [-0.39, 0.29) is 12.8 Å². The second-order valence-corrected chi connectivity index (χ2v) is 3.37. The van der Waals surface area contributed by atoms with Crippen molar-refractivity contribution in [1.29, 1.82) is 0 Å². The van der Waals surface area contributed by atoms with Crippen LogP contribution >= 0.6 is 0 Å². The molecule has 0 saturated carbocycles. The van der Waals surface area contributed by atoms with Gasteiger partial charge in [-0.05, 0) is 23.8 Å². The van der Waals surface area contributed by atoms with E-state index in [4.69, 9.17) is 18.9 Å². The second kappa shape index (κ2) is 4.78. The zero-order valence-corrected chi connectivity index (χ0v) is 9.56. The van der Waals surface area contributed by atoms with Crippen molar-refractivity contribution in [2.24, 2.45) is 0 Å². The summed E-state index contributed by atoms with van der Waals surface area (Å²) >= 11 is 0. The summed E-state index contributed by atoms with van der Waals surface area (Å²) in [4.78, 5) is 10.6. The van der Waals surface area contributed by atoms with E-state index in [1.807, 2.05) is 0 Å². The zero-order valence-electron chi connectivity index (χ0n) is 9.56. The van der Waals surface area contributed by atoms with Crippen LogP contribution in [0.15, 0.2) is 18.4 Å². The van der Waals surface area contributed by atoms with Gasteiger partial charge in [-0.1, -0.05) is 0 Å². The zero-order chi connectivity index (χ0) is 12.3. The molecule has 1 heterocycles. The Labute approximate surface area is 98.5 Å². The second-order valence-electron chi connectivity index (χ2n) is 3.37. The van der Waals surface area contributed by atoms with Crippen LogP contribution in [0, 0.1) is 0 Å². The van der Waals surface area contributed by atoms with Crippen molar-refractivity contribution in [1.82, 2.24) is 0 Å². The number of carbonyl (C=O) groups is 1. The van der Waals surface area contributed by atoms with E-state index in [0.717, 1.165) is 5.56 Å². The summed E-state index contributed by atoms with van der Waals surface area (Å²) in [6.07, 6.45) is 2.96. The first kappa shape index (κ1) is 11.3. The molecule has 0 aliphatic carbocycles. The highest BCUT2D eigenvalue weighted by atomic mass is 16.7. The highest BCUT2D eigenvalue weighted by Crippen LogP contribution is 2.41. The van der Waals surface area contributed by atoms with Gasteiger partial charge in [-0.25, -0.2) is 0 Å². The van der Waals surface area contributed by atoms with E-state index in [1.54, 1.807) is 25.3 Å². The Morgan fingerprint density at radius 3 is 2.94 bits per heavy atom. The summed E-state index contributed by atoms with van der Waals surface area (Å²) in [5.74, 6) is 1.43. The molecule has 0 fully saturated rings. The minimum absolute atomic E-state index is 0.183. The van der Waals surface area contributed by atoms with Gasteiger partial charge in [-0.3, -0.25) is 4.79 Å². The maximum atomic E-state index is 10.6. The van der Waals surface area contributed by atoms with Crippen molar-refractivity contribution in [2.45, 2.75) is 6.92 Å². The Balaban J connectivity index is 2.24. The van der Waals surface area contributed by atoms with E-state index < -0.39 is 0 Å². The average Bonchev–Trinajstić information content (AvgIpc) is 2.75. The number of methoxy groups -OCH3 is 1. The quantitative estimate of drug-likeness (QED) is 0.593. The molecule has 0 N–H and O–H groups in total. The standard InChI is InChI=1S/C12H12O5/c1-8(13)15-4-3-9-5-10(14-2)12-11(6-9)16-7-17-12/h3-6H,7H2,1-2H3/b4-3+. The Morgan fingerprint density at radius 2 is 2.24 bits per heavy atom. The molecule has 2 rings (SSSR count). The topological polar surface area (TPSA) is 54.0 Å². The van der Waals surface area contributed by atoms with E-state index >= 15 is 0 Å². The van der Waals surface area contributed by atoms with E-state index in [0.29, 0.717) is 17.2 Å². The Morgan fingerprint density at radius 1 is 1.41 bits per heavy atom. The number of rotatable bonds is 3. The average molecular weight is 236 g/mol. The molecule has 0 atom stereocenters. The Hall–Kier alpha value is -2.17. The van der Waals surface area contributed by atoms with Crippen LogP contribution in [-0.4, -0.2) is 19.9 Å². The van der Waals surface area contributed by atoms with Crippen LogP contribution in [0.4, 0.5) is 0 Å². The van der Waals surface area contributed by atoms with E-state index in [1.165, 1.54) is 13.2 Å². The summed E-state index contributed by atoms with van der Waals surface area (Å²) in [6, 6.07) is 3.55. The minimum atomic E-state index is -0.367. The van der Waals surface area contributed by atoms with Crippen LogP contribution in [0.1, 0.15) is 12.5 Å². The van der Waals surface area contributed by atoms with Crippen molar-refractivity contribution in [2.75, 3.05) is 13.9 Å². The van der Waals surface area contributed by atoms with Crippen LogP contribution < -0.4 is 14.2 Å². The molecule has 5 nitrogen and oxygen atoms in total. The fourth-order valence-electron chi connectivity index (χ4n) is 1.45. The number of esters is 1. The Bertz CT molecular complexity index is 464. The molecule has 0 radical (unpaired) electrons. The minimum Gasteiger partial charge on any atom is -0.493 e. The molecule has 90 valence electrons. The van der Waals surface area contributed by atoms with Gasteiger partial charge in [0, 0.05) is 6.92 Å². The molecule has 0 unspecified atom stereocenters. The van der Waals surface area contributed by atoms with Crippen molar-refractivity contribution < 1.29 is 23.7 Å². The van der Waals surface area contributed by atoms with E-state index in [9.17, 15) is 4.79 Å². The number of carbonyl (C=O) groups excluding carboxylic acids is 1. The van der Waals surface area contributed by atoms with Gasteiger partial charge in [0.25, 0.3) is 0 Å². The van der Waals surface area contributed by atoms with Crippen LogP contribution in [0.25, 0.3) is 6.08 Å². The van der Waals surface area contributed by atoms with Gasteiger partial charge in [0.1, 0.15) is 0 Å². The number of hydrogen-bond donors (Lipinski definition) is 0. The number of hydrogen-bond acceptors (Lipinski definition) is 5. The smallest absolute Gasteiger partial charge is 0.307 e. The van der Waals surface area contributed by atoms with Crippen molar-refractivity contribution >= 4 is 12.0 Å². The molecule has 1 aromatic rings. The van der Waals surface area contributed by atoms with Gasteiger partial charge in [0.15, 0.2) is 11.5 Å². The lowest BCUT2D eigenvalue weighted by Gasteiger charge is -2.05. The molecule has 17 heavy (non-hydrogen) atoms. The normalized spacial score (nSPS) is 12.8. The van der Waals surface area contributed by atoms with Crippen LogP contribution in [0.3, 0.4) is 0 Å². The van der Waals surface area contributed by atoms with Crippen molar-refractivity contribution in [3.63, 3.8) is 0 Å². The van der Waals surface area contributed by atoms with Gasteiger partial charge < -0.3 is 18.9 Å². The largest absolute Gasteiger partial charge is 0.493 e. The number of ether oxygens (including phenoxy) is 4. The first-order chi connectivity index (χ1) is 8.20. The third kappa shape index (κ3) is 2.50. The molecule has 0 saturated heterocycles. The Kier molecular flexibility index (Phi) is 3.18.